The van der Waals surface area contributed by atoms with E-state index in [0.29, 0.717) is 30.2 Å². The van der Waals surface area contributed by atoms with Crippen molar-refractivity contribution in [2.75, 3.05) is 59.4 Å². The summed E-state index contributed by atoms with van der Waals surface area (Å²) in [6, 6.07) is 0.652. The third kappa shape index (κ3) is 5.81. The van der Waals surface area contributed by atoms with Gasteiger partial charge in [0.2, 0.25) is 11.8 Å². The van der Waals surface area contributed by atoms with Gasteiger partial charge in [-0.2, -0.15) is 0 Å². The minimum atomic E-state index is 0.173. The van der Waals surface area contributed by atoms with E-state index < -0.39 is 0 Å². The summed E-state index contributed by atoms with van der Waals surface area (Å²) in [6.45, 7) is 17.0. The van der Waals surface area contributed by atoms with Crippen molar-refractivity contribution >= 4 is 11.8 Å². The first-order valence-corrected chi connectivity index (χ1v) is 12.8. The van der Waals surface area contributed by atoms with Crippen molar-refractivity contribution in [3.05, 3.63) is 0 Å². The van der Waals surface area contributed by atoms with Gasteiger partial charge < -0.3 is 14.7 Å². The van der Waals surface area contributed by atoms with Crippen LogP contribution in [0.2, 0.25) is 0 Å². The molecule has 4 aliphatic rings. The number of piperidine rings is 2. The van der Waals surface area contributed by atoms with Gasteiger partial charge in [-0.05, 0) is 44.6 Å². The van der Waals surface area contributed by atoms with Gasteiger partial charge in [0, 0.05) is 76.7 Å². The standard InChI is InChI=1S/C23H40N4O2.C2H6/c1-18(2)19-6-10-25(11-7-19)21(28)4-5-22(29)26-12-8-20(9-13-26)27-16-23(17-27)14-24(3)15-23;1-2/h18-20H,4-17H2,1-3H3;1-2H3. The number of nitrogens with zero attached hydrogens (tertiary/aromatic N) is 4. The topological polar surface area (TPSA) is 47.1 Å². The zero-order valence-electron chi connectivity index (χ0n) is 20.7. The van der Waals surface area contributed by atoms with E-state index in [1.54, 1.807) is 0 Å². The first kappa shape index (κ1) is 24.5. The highest BCUT2D eigenvalue weighted by atomic mass is 16.2. The van der Waals surface area contributed by atoms with Crippen molar-refractivity contribution in [2.24, 2.45) is 17.3 Å². The van der Waals surface area contributed by atoms with Gasteiger partial charge in [-0.1, -0.05) is 27.7 Å². The number of rotatable bonds is 5. The Kier molecular flexibility index (Phi) is 8.42. The molecule has 0 aromatic carbocycles. The molecule has 6 heteroatoms. The molecule has 0 unspecified atom stereocenters. The van der Waals surface area contributed by atoms with Crippen molar-refractivity contribution in [1.82, 2.24) is 19.6 Å². The molecule has 0 aliphatic carbocycles. The van der Waals surface area contributed by atoms with Crippen LogP contribution in [-0.4, -0.2) is 96.9 Å². The molecule has 4 heterocycles. The number of carbonyl (C=O) groups is 2. The van der Waals surface area contributed by atoms with Crippen molar-refractivity contribution in [2.45, 2.75) is 72.3 Å². The highest BCUT2D eigenvalue weighted by Gasteiger charge is 2.52. The van der Waals surface area contributed by atoms with E-state index in [0.717, 1.165) is 57.8 Å². The Bertz CT molecular complexity index is 593. The summed E-state index contributed by atoms with van der Waals surface area (Å²) >= 11 is 0. The van der Waals surface area contributed by atoms with Gasteiger partial charge in [-0.15, -0.1) is 0 Å². The molecule has 178 valence electrons. The minimum Gasteiger partial charge on any atom is -0.343 e. The summed E-state index contributed by atoms with van der Waals surface area (Å²) in [4.78, 5) is 34.2. The van der Waals surface area contributed by atoms with Crippen LogP contribution < -0.4 is 0 Å². The number of carbonyl (C=O) groups excluding carboxylic acids is 2. The van der Waals surface area contributed by atoms with E-state index in [2.05, 4.69) is 30.7 Å². The van der Waals surface area contributed by atoms with E-state index in [-0.39, 0.29) is 11.8 Å². The summed E-state index contributed by atoms with van der Waals surface area (Å²) in [5.41, 5.74) is 0.589. The SMILES string of the molecule is CC.CC(C)C1CCN(C(=O)CCC(=O)N2CCC(N3CC4(CN(C)C4)C3)CC2)CC1. The molecule has 4 fully saturated rings. The van der Waals surface area contributed by atoms with Crippen LogP contribution in [0.15, 0.2) is 0 Å². The number of likely N-dealkylation sites (tertiary alicyclic amines) is 4. The van der Waals surface area contributed by atoms with Gasteiger partial charge >= 0.3 is 0 Å². The Morgan fingerprint density at radius 3 is 1.68 bits per heavy atom. The maximum Gasteiger partial charge on any atom is 0.223 e. The van der Waals surface area contributed by atoms with Crippen LogP contribution in [0, 0.1) is 17.3 Å². The summed E-state index contributed by atoms with van der Waals surface area (Å²) < 4.78 is 0. The van der Waals surface area contributed by atoms with E-state index >= 15 is 0 Å². The van der Waals surface area contributed by atoms with Gasteiger partial charge in [-0.3, -0.25) is 14.5 Å². The Morgan fingerprint density at radius 1 is 0.806 bits per heavy atom. The van der Waals surface area contributed by atoms with E-state index in [1.165, 1.54) is 26.2 Å². The molecule has 31 heavy (non-hydrogen) atoms. The zero-order valence-corrected chi connectivity index (χ0v) is 20.7. The van der Waals surface area contributed by atoms with Crippen LogP contribution in [0.5, 0.6) is 0 Å². The molecule has 0 radical (unpaired) electrons. The van der Waals surface area contributed by atoms with E-state index in [1.807, 2.05) is 23.6 Å². The summed E-state index contributed by atoms with van der Waals surface area (Å²) in [5, 5.41) is 0. The second-order valence-electron chi connectivity index (χ2n) is 10.7. The van der Waals surface area contributed by atoms with Crippen LogP contribution in [0.25, 0.3) is 0 Å². The van der Waals surface area contributed by atoms with Gasteiger partial charge in [-0.25, -0.2) is 0 Å². The molecule has 2 amide bonds. The summed E-state index contributed by atoms with van der Waals surface area (Å²) in [7, 11) is 2.20. The molecule has 6 nitrogen and oxygen atoms in total. The quantitative estimate of drug-likeness (QED) is 0.668. The number of hydrogen-bond acceptors (Lipinski definition) is 4. The smallest absolute Gasteiger partial charge is 0.223 e. The molecular weight excluding hydrogens is 388 g/mol. The average molecular weight is 435 g/mol. The number of hydrogen-bond donors (Lipinski definition) is 0. The highest BCUT2D eigenvalue weighted by Crippen LogP contribution is 2.41. The number of amides is 2. The zero-order chi connectivity index (χ0) is 22.6. The molecule has 4 saturated heterocycles. The molecule has 0 aromatic rings. The van der Waals surface area contributed by atoms with Gasteiger partial charge in [0.25, 0.3) is 0 Å². The molecule has 0 saturated carbocycles. The predicted octanol–water partition coefficient (Wildman–Crippen LogP) is 2.93. The third-order valence-corrected chi connectivity index (χ3v) is 8.01. The van der Waals surface area contributed by atoms with Crippen molar-refractivity contribution in [1.29, 1.82) is 0 Å². The Balaban J connectivity index is 0.00000132. The minimum absolute atomic E-state index is 0.173. The van der Waals surface area contributed by atoms with Crippen LogP contribution in [-0.2, 0) is 9.59 Å². The fourth-order valence-electron chi connectivity index (χ4n) is 6.20. The van der Waals surface area contributed by atoms with Crippen LogP contribution in [0.4, 0.5) is 0 Å². The molecular formula is C25H46N4O2. The lowest BCUT2D eigenvalue weighted by molar-refractivity contribution is -0.142. The van der Waals surface area contributed by atoms with Crippen molar-refractivity contribution in [3.8, 4) is 0 Å². The fourth-order valence-corrected chi connectivity index (χ4v) is 6.20. The monoisotopic (exact) mass is 434 g/mol. The van der Waals surface area contributed by atoms with Crippen molar-refractivity contribution in [3.63, 3.8) is 0 Å². The predicted molar refractivity (Wildman–Crippen MR) is 126 cm³/mol. The lowest BCUT2D eigenvalue weighted by atomic mass is 9.72. The van der Waals surface area contributed by atoms with Crippen LogP contribution in [0.1, 0.15) is 66.2 Å². The van der Waals surface area contributed by atoms with Crippen LogP contribution in [0.3, 0.4) is 0 Å². The van der Waals surface area contributed by atoms with E-state index in [4.69, 9.17) is 0 Å². The normalized spacial score (nSPS) is 25.1. The average Bonchev–Trinajstić information content (AvgIpc) is 2.75. The van der Waals surface area contributed by atoms with Gasteiger partial charge in [0.1, 0.15) is 0 Å². The lowest BCUT2D eigenvalue weighted by Gasteiger charge is -2.62. The Labute approximate surface area is 190 Å². The molecule has 4 aliphatic heterocycles. The van der Waals surface area contributed by atoms with Gasteiger partial charge in [0.05, 0.1) is 0 Å². The van der Waals surface area contributed by atoms with Crippen LogP contribution >= 0.6 is 0 Å². The second kappa shape index (κ2) is 10.7. The summed E-state index contributed by atoms with van der Waals surface area (Å²) in [5.74, 6) is 1.79. The Morgan fingerprint density at radius 2 is 1.26 bits per heavy atom. The van der Waals surface area contributed by atoms with Crippen molar-refractivity contribution < 1.29 is 9.59 Å². The first-order valence-electron chi connectivity index (χ1n) is 12.8. The molecule has 4 rings (SSSR count). The molecule has 0 N–H and O–H groups in total. The molecule has 0 aromatic heterocycles. The van der Waals surface area contributed by atoms with E-state index in [9.17, 15) is 9.59 Å². The molecule has 1 spiro atoms. The van der Waals surface area contributed by atoms with Gasteiger partial charge in [0.15, 0.2) is 0 Å². The lowest BCUT2D eigenvalue weighted by Crippen LogP contribution is -2.73. The highest BCUT2D eigenvalue weighted by molar-refractivity contribution is 5.84. The molecule has 0 atom stereocenters. The Hall–Kier alpha value is -1.14. The largest absolute Gasteiger partial charge is 0.343 e. The maximum atomic E-state index is 12.6. The maximum absolute atomic E-state index is 12.6. The fraction of sp³-hybridized carbons (Fsp3) is 0.920. The second-order valence-corrected chi connectivity index (χ2v) is 10.7. The molecule has 0 bridgehead atoms. The third-order valence-electron chi connectivity index (χ3n) is 8.01. The first-order chi connectivity index (χ1) is 14.8. The summed E-state index contributed by atoms with van der Waals surface area (Å²) in [6.07, 6.45) is 5.17.